The number of aryl methyl sites for hydroxylation is 1. The molecule has 0 radical (unpaired) electrons. The largest absolute Gasteiger partial charge is 0.469 e. The molecule has 0 N–H and O–H groups in total. The minimum atomic E-state index is -4.03. The van der Waals surface area contributed by atoms with Crippen molar-refractivity contribution >= 4 is 50.4 Å². The van der Waals surface area contributed by atoms with Crippen molar-refractivity contribution in [2.45, 2.75) is 59.1 Å². The van der Waals surface area contributed by atoms with Crippen LogP contribution in [-0.2, 0) is 24.3 Å². The fourth-order valence-corrected chi connectivity index (χ4v) is 7.43. The van der Waals surface area contributed by atoms with Gasteiger partial charge in [-0.3, -0.25) is 18.7 Å². The fourth-order valence-electron chi connectivity index (χ4n) is 6.52. The zero-order valence-electron chi connectivity index (χ0n) is 31.6. The van der Waals surface area contributed by atoms with Gasteiger partial charge in [0.25, 0.3) is 5.91 Å². The second-order valence-electron chi connectivity index (χ2n) is 14.3. The Balaban J connectivity index is 1.64. The molecular weight excluding hydrogens is 718 g/mol. The lowest BCUT2D eigenvalue weighted by Crippen LogP contribution is -2.57. The van der Waals surface area contributed by atoms with E-state index in [2.05, 4.69) is 0 Å². The number of benzene rings is 3. The number of piperazine rings is 1. The quantitative estimate of drug-likeness (QED) is 0.116. The van der Waals surface area contributed by atoms with Crippen molar-refractivity contribution in [1.29, 1.82) is 0 Å². The van der Waals surface area contributed by atoms with Gasteiger partial charge in [-0.15, -0.1) is 0 Å². The summed E-state index contributed by atoms with van der Waals surface area (Å²) in [6, 6.07) is 16.3. The van der Waals surface area contributed by atoms with Gasteiger partial charge in [-0.2, -0.15) is 0 Å². The standard InChI is InChI=1S/C40H46FN3O9S/c1-8-33(45)36-31-22-30(32(44(17-16-41)54(7,49)50)23-34(31)52-37(36)26-14-12-25(2)13-15-26)27-10-9-11-28(20-27)38(47)43-19-18-42(39(48)53-40(3,4)5)24-29(43)21-35(46)51-6/h9-15,20,22-23,29H,8,16-19,21,24H2,1-7H3. The Hall–Kier alpha value is -5.24. The van der Waals surface area contributed by atoms with E-state index in [1.165, 1.54) is 23.0 Å². The van der Waals surface area contributed by atoms with Gasteiger partial charge in [-0.05, 0) is 51.5 Å². The third kappa shape index (κ3) is 8.75. The first kappa shape index (κ1) is 40.0. The van der Waals surface area contributed by atoms with E-state index < -0.39 is 52.9 Å². The second kappa shape index (κ2) is 16.0. The minimum absolute atomic E-state index is 0.0286. The van der Waals surface area contributed by atoms with Gasteiger partial charge in [-0.1, -0.05) is 48.9 Å². The molecule has 1 aliphatic heterocycles. The van der Waals surface area contributed by atoms with Crippen LogP contribution in [0.15, 0.2) is 65.1 Å². The van der Waals surface area contributed by atoms with E-state index in [1.807, 2.05) is 31.2 Å². The lowest BCUT2D eigenvalue weighted by atomic mass is 9.95. The average Bonchev–Trinajstić information content (AvgIpc) is 3.50. The molecule has 3 aromatic carbocycles. The van der Waals surface area contributed by atoms with Gasteiger partial charge in [-0.25, -0.2) is 17.6 Å². The normalized spacial score (nSPS) is 14.9. The van der Waals surface area contributed by atoms with Gasteiger partial charge in [0.1, 0.15) is 23.6 Å². The summed E-state index contributed by atoms with van der Waals surface area (Å²) >= 11 is 0. The number of furan rings is 1. The highest BCUT2D eigenvalue weighted by Gasteiger charge is 2.36. The first-order chi connectivity index (χ1) is 25.4. The van der Waals surface area contributed by atoms with Gasteiger partial charge < -0.3 is 23.7 Å². The number of anilines is 1. The fraction of sp³-hybridized carbons (Fsp3) is 0.400. The van der Waals surface area contributed by atoms with Crippen LogP contribution in [0.3, 0.4) is 0 Å². The van der Waals surface area contributed by atoms with Gasteiger partial charge >= 0.3 is 12.1 Å². The summed E-state index contributed by atoms with van der Waals surface area (Å²) in [6.45, 7) is 7.73. The molecule has 1 saturated heterocycles. The molecular formula is C40H46FN3O9S. The molecule has 4 aromatic rings. The molecule has 54 heavy (non-hydrogen) atoms. The third-order valence-electron chi connectivity index (χ3n) is 9.12. The van der Waals surface area contributed by atoms with Crippen LogP contribution in [0.25, 0.3) is 33.4 Å². The Morgan fingerprint density at radius 2 is 1.70 bits per heavy atom. The summed E-state index contributed by atoms with van der Waals surface area (Å²) < 4.78 is 57.9. The molecule has 1 fully saturated rings. The van der Waals surface area contributed by atoms with Crippen molar-refractivity contribution in [1.82, 2.24) is 9.80 Å². The number of rotatable bonds is 11. The number of methoxy groups -OCH3 is 1. The molecule has 1 atom stereocenters. The van der Waals surface area contributed by atoms with Crippen LogP contribution in [0.2, 0.25) is 0 Å². The summed E-state index contributed by atoms with van der Waals surface area (Å²) in [5.41, 5.74) is 2.51. The minimum Gasteiger partial charge on any atom is -0.469 e. The van der Waals surface area contributed by atoms with Crippen molar-refractivity contribution in [2.75, 3.05) is 50.5 Å². The number of hydrogen-bond acceptors (Lipinski definition) is 9. The van der Waals surface area contributed by atoms with Crippen molar-refractivity contribution < 1.29 is 45.9 Å². The molecule has 0 saturated carbocycles. The molecule has 2 amide bonds. The van der Waals surface area contributed by atoms with E-state index in [0.717, 1.165) is 16.1 Å². The number of sulfonamides is 1. The number of carbonyl (C=O) groups excluding carboxylic acids is 4. The van der Waals surface area contributed by atoms with E-state index in [4.69, 9.17) is 13.9 Å². The number of carbonyl (C=O) groups is 4. The SMILES string of the molecule is CCC(=O)c1c(-c2ccc(C)cc2)oc2cc(N(CCF)S(C)(=O)=O)c(-c3cccc(C(=O)N4CCN(C(=O)OC(C)(C)C)CC4CC(=O)OC)c3)cc12. The Morgan fingerprint density at radius 1 is 1.00 bits per heavy atom. The number of halogens is 1. The van der Waals surface area contributed by atoms with E-state index in [1.54, 1.807) is 58.0 Å². The Morgan fingerprint density at radius 3 is 2.31 bits per heavy atom. The summed E-state index contributed by atoms with van der Waals surface area (Å²) in [5, 5.41) is 0.429. The number of fused-ring (bicyclic) bond motifs is 1. The summed E-state index contributed by atoms with van der Waals surface area (Å²) in [6.07, 6.45) is 0.400. The molecule has 1 unspecified atom stereocenters. The van der Waals surface area contributed by atoms with Crippen LogP contribution in [0, 0.1) is 6.92 Å². The van der Waals surface area contributed by atoms with Crippen LogP contribution in [-0.4, -0.2) is 99.8 Å². The number of alkyl halides is 1. The number of esters is 1. The second-order valence-corrected chi connectivity index (χ2v) is 16.2. The lowest BCUT2D eigenvalue weighted by molar-refractivity contribution is -0.142. The van der Waals surface area contributed by atoms with Crippen LogP contribution in [0.1, 0.15) is 66.8 Å². The highest BCUT2D eigenvalue weighted by molar-refractivity contribution is 7.92. The summed E-state index contributed by atoms with van der Waals surface area (Å²) in [4.78, 5) is 56.1. The van der Waals surface area contributed by atoms with E-state index in [-0.39, 0.29) is 55.1 Å². The molecule has 14 heteroatoms. The number of hydrogen-bond donors (Lipinski definition) is 0. The molecule has 5 rings (SSSR count). The number of ether oxygens (including phenoxy) is 2. The average molecular weight is 764 g/mol. The monoisotopic (exact) mass is 763 g/mol. The Labute approximate surface area is 314 Å². The van der Waals surface area contributed by atoms with Crippen molar-refractivity contribution in [3.63, 3.8) is 0 Å². The lowest BCUT2D eigenvalue weighted by Gasteiger charge is -2.41. The van der Waals surface area contributed by atoms with Crippen molar-refractivity contribution in [3.8, 4) is 22.5 Å². The van der Waals surface area contributed by atoms with Gasteiger partial charge in [0.2, 0.25) is 10.0 Å². The predicted octanol–water partition coefficient (Wildman–Crippen LogP) is 7.03. The Bertz CT molecular complexity index is 2170. The maximum Gasteiger partial charge on any atom is 0.410 e. The zero-order chi connectivity index (χ0) is 39.5. The highest BCUT2D eigenvalue weighted by Crippen LogP contribution is 2.42. The van der Waals surface area contributed by atoms with Crippen LogP contribution >= 0.6 is 0 Å². The number of nitrogens with zero attached hydrogens (tertiary/aromatic N) is 3. The summed E-state index contributed by atoms with van der Waals surface area (Å²) in [5.74, 6) is -0.875. The first-order valence-electron chi connectivity index (χ1n) is 17.7. The Kier molecular flexibility index (Phi) is 11.8. The summed E-state index contributed by atoms with van der Waals surface area (Å²) in [7, 11) is -2.78. The molecule has 0 aliphatic carbocycles. The number of amides is 2. The van der Waals surface area contributed by atoms with Crippen LogP contribution in [0.5, 0.6) is 0 Å². The maximum absolute atomic E-state index is 14.3. The van der Waals surface area contributed by atoms with Crippen LogP contribution < -0.4 is 4.31 Å². The van der Waals surface area contributed by atoms with Gasteiger partial charge in [0.15, 0.2) is 5.78 Å². The molecule has 1 aliphatic rings. The van der Waals surface area contributed by atoms with Crippen LogP contribution in [0.4, 0.5) is 14.9 Å². The maximum atomic E-state index is 14.3. The molecule has 288 valence electrons. The predicted molar refractivity (Wildman–Crippen MR) is 204 cm³/mol. The van der Waals surface area contributed by atoms with E-state index in [0.29, 0.717) is 33.4 Å². The zero-order valence-corrected chi connectivity index (χ0v) is 32.4. The smallest absolute Gasteiger partial charge is 0.410 e. The van der Waals surface area contributed by atoms with Gasteiger partial charge in [0.05, 0.1) is 43.6 Å². The van der Waals surface area contributed by atoms with E-state index in [9.17, 15) is 32.0 Å². The molecule has 1 aromatic heterocycles. The molecule has 2 heterocycles. The topological polar surface area (TPSA) is 144 Å². The third-order valence-corrected chi connectivity index (χ3v) is 10.3. The first-order valence-corrected chi connectivity index (χ1v) is 19.5. The van der Waals surface area contributed by atoms with E-state index >= 15 is 0 Å². The molecule has 0 spiro atoms. The van der Waals surface area contributed by atoms with Crippen molar-refractivity contribution in [3.05, 3.63) is 77.4 Å². The number of Topliss-reactive ketones (excluding diaryl/α,β-unsaturated/α-hetero) is 1. The molecule has 0 bridgehead atoms. The van der Waals surface area contributed by atoms with Crippen molar-refractivity contribution in [2.24, 2.45) is 0 Å². The van der Waals surface area contributed by atoms with Gasteiger partial charge in [0, 0.05) is 54.2 Å². The highest BCUT2D eigenvalue weighted by atomic mass is 32.2. The number of ketones is 1. The molecule has 12 nitrogen and oxygen atoms in total.